The van der Waals surface area contributed by atoms with E-state index >= 15 is 0 Å². The van der Waals surface area contributed by atoms with Crippen molar-refractivity contribution < 1.29 is 9.59 Å². The van der Waals surface area contributed by atoms with Crippen molar-refractivity contribution in [2.75, 3.05) is 12.4 Å². The maximum absolute atomic E-state index is 13.2. The Kier molecular flexibility index (Phi) is 7.81. The fourth-order valence-corrected chi connectivity index (χ4v) is 7.01. The number of amides is 3. The first-order chi connectivity index (χ1) is 20.2. The lowest BCUT2D eigenvalue weighted by Gasteiger charge is -2.42. The number of benzene rings is 1. The van der Waals surface area contributed by atoms with Crippen molar-refractivity contribution in [1.82, 2.24) is 30.0 Å². The fraction of sp³-hybridized carbons (Fsp3) is 0.594. The number of hydrogen-bond donors (Lipinski definition) is 3. The minimum Gasteiger partial charge on any atom is -0.365 e. The summed E-state index contributed by atoms with van der Waals surface area (Å²) in [6.07, 6.45) is 11.7. The van der Waals surface area contributed by atoms with Crippen LogP contribution >= 0.6 is 0 Å². The van der Waals surface area contributed by atoms with Crippen LogP contribution < -0.4 is 16.5 Å². The average Bonchev–Trinajstić information content (AvgIpc) is 3.27. The molecule has 42 heavy (non-hydrogen) atoms. The number of carbonyl (C=O) groups is 2. The molecule has 3 saturated carbocycles. The molecule has 6 rings (SSSR count). The van der Waals surface area contributed by atoms with Gasteiger partial charge in [-0.2, -0.15) is 0 Å². The molecule has 10 nitrogen and oxygen atoms in total. The smallest absolute Gasteiger partial charge is 0.333 e. The highest BCUT2D eigenvalue weighted by atomic mass is 16.2. The number of rotatable bonds is 8. The van der Waals surface area contributed by atoms with E-state index in [-0.39, 0.29) is 17.3 Å². The summed E-state index contributed by atoms with van der Waals surface area (Å²) in [5.74, 6) is 2.90. The Balaban J connectivity index is 1.50. The van der Waals surface area contributed by atoms with Gasteiger partial charge < -0.3 is 15.6 Å². The molecule has 3 fully saturated rings. The molecule has 0 radical (unpaired) electrons. The van der Waals surface area contributed by atoms with Gasteiger partial charge in [-0.3, -0.25) is 10.2 Å². The maximum Gasteiger partial charge on any atom is 0.333 e. The van der Waals surface area contributed by atoms with E-state index in [0.29, 0.717) is 23.3 Å². The second-order valence-electron chi connectivity index (χ2n) is 13.0. The molecule has 3 aromatic rings. The summed E-state index contributed by atoms with van der Waals surface area (Å²) in [6.45, 7) is 5.41. The molecule has 3 amide bonds. The topological polar surface area (TPSA) is 131 Å². The van der Waals surface area contributed by atoms with Crippen LogP contribution in [0.4, 0.5) is 10.6 Å². The van der Waals surface area contributed by atoms with E-state index in [9.17, 15) is 9.59 Å². The van der Waals surface area contributed by atoms with Gasteiger partial charge >= 0.3 is 11.9 Å². The quantitative estimate of drug-likeness (QED) is 0.311. The van der Waals surface area contributed by atoms with Crippen molar-refractivity contribution in [2.45, 2.75) is 96.1 Å². The molecule has 1 aromatic carbocycles. The first kappa shape index (κ1) is 28.4. The normalized spacial score (nSPS) is 22.5. The van der Waals surface area contributed by atoms with Crippen LogP contribution in [0, 0.1) is 17.8 Å². The van der Waals surface area contributed by atoms with Crippen molar-refractivity contribution >= 4 is 28.9 Å². The second kappa shape index (κ2) is 11.5. The number of nitrogens with zero attached hydrogens (tertiary/aromatic N) is 5. The Hall–Kier alpha value is -3.69. The summed E-state index contributed by atoms with van der Waals surface area (Å²) in [7, 11) is 1.40. The van der Waals surface area contributed by atoms with Crippen molar-refractivity contribution in [2.24, 2.45) is 23.5 Å². The van der Waals surface area contributed by atoms with Crippen LogP contribution in [0.15, 0.2) is 30.3 Å². The number of primary amides is 1. The zero-order valence-electron chi connectivity index (χ0n) is 25.1. The molecule has 3 aliphatic rings. The van der Waals surface area contributed by atoms with E-state index in [1.165, 1.54) is 57.6 Å². The molecular formula is C32H44N8O2. The molecule has 4 N–H and O–H groups in total. The Morgan fingerprint density at radius 2 is 1.76 bits per heavy atom. The molecule has 0 spiro atoms. The second-order valence-corrected chi connectivity index (χ2v) is 13.0. The highest BCUT2D eigenvalue weighted by molar-refractivity contribution is 5.95. The number of imidazole rings is 1. The van der Waals surface area contributed by atoms with Gasteiger partial charge in [-0.15, -0.1) is 0 Å². The van der Waals surface area contributed by atoms with Crippen molar-refractivity contribution in [1.29, 1.82) is 0 Å². The number of fused-ring (bicyclic) bond motifs is 1. The summed E-state index contributed by atoms with van der Waals surface area (Å²) < 4.78 is 2.40. The molecule has 2 aromatic heterocycles. The molecule has 10 heteroatoms. The molecule has 0 unspecified atom stereocenters. The number of carbonyl (C=O) groups excluding carboxylic acids is 2. The zero-order valence-corrected chi connectivity index (χ0v) is 25.1. The van der Waals surface area contributed by atoms with Crippen LogP contribution in [-0.2, 0) is 12.0 Å². The molecule has 2 heterocycles. The number of hydrogen-bond acceptors (Lipinski definition) is 6. The molecule has 3 aliphatic carbocycles. The number of aromatic nitrogens is 4. The van der Waals surface area contributed by atoms with Gasteiger partial charge in [0.05, 0.1) is 5.41 Å². The number of nitrogens with two attached hydrogens (primary N) is 1. The number of nitrogens with one attached hydrogen (secondary N) is 2. The Bertz CT molecular complexity index is 1440. The maximum atomic E-state index is 13.2. The van der Waals surface area contributed by atoms with Crippen molar-refractivity contribution in [3.8, 4) is 0 Å². The lowest BCUT2D eigenvalue weighted by Crippen LogP contribution is -2.46. The van der Waals surface area contributed by atoms with Crippen LogP contribution in [0.5, 0.6) is 0 Å². The van der Waals surface area contributed by atoms with Gasteiger partial charge in [-0.1, -0.05) is 62.9 Å². The van der Waals surface area contributed by atoms with Crippen molar-refractivity contribution in [3.63, 3.8) is 0 Å². The molecule has 0 bridgehead atoms. The summed E-state index contributed by atoms with van der Waals surface area (Å²) >= 11 is 0. The SMILES string of the molecule is C[C@@H](Nc1nc(C(=O)NN(C)C(N)=O)nc2nc(C3(c4ccccc4)CCC3)n(C[C@H]3CC[C@H](C)CC3)c12)C1CCC1. The van der Waals surface area contributed by atoms with Crippen LogP contribution in [-0.4, -0.2) is 49.6 Å². The van der Waals surface area contributed by atoms with E-state index in [4.69, 9.17) is 20.7 Å². The van der Waals surface area contributed by atoms with E-state index < -0.39 is 11.9 Å². The summed E-state index contributed by atoms with van der Waals surface area (Å²) in [4.78, 5) is 39.6. The molecule has 0 aliphatic heterocycles. The average molecular weight is 573 g/mol. The van der Waals surface area contributed by atoms with E-state index in [2.05, 4.69) is 59.5 Å². The van der Waals surface area contributed by atoms with Gasteiger partial charge in [-0.05, 0) is 68.8 Å². The van der Waals surface area contributed by atoms with Crippen molar-refractivity contribution in [3.05, 3.63) is 47.5 Å². The van der Waals surface area contributed by atoms with Gasteiger partial charge in [-0.25, -0.2) is 24.8 Å². The summed E-state index contributed by atoms with van der Waals surface area (Å²) in [5.41, 5.74) is 10.3. The minimum absolute atomic E-state index is 0.0380. The number of anilines is 1. The minimum atomic E-state index is -0.774. The number of hydrazine groups is 1. The standard InChI is InChI=1S/C32H44N8O2/c1-20-13-15-22(16-14-20)19-40-25-26(34-21(2)23-9-7-10-23)35-28(29(41)38-39(3)31(33)42)36-27(25)37-30(40)32(17-8-18-32)24-11-5-4-6-12-24/h4-6,11-12,20-23H,7-10,13-19H2,1-3H3,(H2,33,42)(H,38,41)(H,34,35,36)/t20-,21-,22-/m1/s1. The predicted molar refractivity (Wildman–Crippen MR) is 163 cm³/mol. The molecular weight excluding hydrogens is 528 g/mol. The lowest BCUT2D eigenvalue weighted by molar-refractivity contribution is 0.0848. The van der Waals surface area contributed by atoms with Crippen LogP contribution in [0.2, 0.25) is 0 Å². The van der Waals surface area contributed by atoms with E-state index in [1.807, 2.05) is 0 Å². The largest absolute Gasteiger partial charge is 0.365 e. The summed E-state index contributed by atoms with van der Waals surface area (Å²) in [6, 6.07) is 10.1. The highest BCUT2D eigenvalue weighted by Crippen LogP contribution is 2.50. The Morgan fingerprint density at radius 1 is 1.05 bits per heavy atom. The van der Waals surface area contributed by atoms with Crippen LogP contribution in [0.1, 0.15) is 100 Å². The van der Waals surface area contributed by atoms with Crippen LogP contribution in [0.3, 0.4) is 0 Å². The van der Waals surface area contributed by atoms with E-state index in [0.717, 1.165) is 48.1 Å². The third-order valence-corrected chi connectivity index (χ3v) is 10.2. The van der Waals surface area contributed by atoms with Gasteiger partial charge in [0, 0.05) is 19.6 Å². The van der Waals surface area contributed by atoms with Gasteiger partial charge in [0.2, 0.25) is 5.82 Å². The van der Waals surface area contributed by atoms with Gasteiger partial charge in [0.25, 0.3) is 0 Å². The van der Waals surface area contributed by atoms with Gasteiger partial charge in [0.1, 0.15) is 11.3 Å². The molecule has 1 atom stereocenters. The summed E-state index contributed by atoms with van der Waals surface area (Å²) in [5, 5.41) is 4.62. The predicted octanol–water partition coefficient (Wildman–Crippen LogP) is 5.38. The Labute approximate surface area is 247 Å². The fourth-order valence-electron chi connectivity index (χ4n) is 7.01. The lowest BCUT2D eigenvalue weighted by atomic mass is 9.63. The highest BCUT2D eigenvalue weighted by Gasteiger charge is 2.45. The van der Waals surface area contributed by atoms with E-state index in [1.54, 1.807) is 0 Å². The molecule has 0 saturated heterocycles. The third kappa shape index (κ3) is 5.31. The first-order valence-electron chi connectivity index (χ1n) is 15.7. The monoisotopic (exact) mass is 572 g/mol. The number of urea groups is 1. The molecule has 224 valence electrons. The first-order valence-corrected chi connectivity index (χ1v) is 15.7. The zero-order chi connectivity index (χ0) is 29.4. The third-order valence-electron chi connectivity index (χ3n) is 10.2. The van der Waals surface area contributed by atoms with Gasteiger partial charge in [0.15, 0.2) is 11.5 Å². The Morgan fingerprint density at radius 3 is 2.36 bits per heavy atom. The van der Waals surface area contributed by atoms with Crippen LogP contribution in [0.25, 0.3) is 11.2 Å².